The Hall–Kier alpha value is -1.67. The molecule has 0 saturated heterocycles. The number of thioether (sulfide) groups is 1. The number of benzene rings is 1. The van der Waals surface area contributed by atoms with E-state index in [1.807, 2.05) is 0 Å². The maximum atomic E-state index is 12.7. The predicted octanol–water partition coefficient (Wildman–Crippen LogP) is 3.44. The molecular weight excluding hydrogens is 325 g/mol. The first kappa shape index (κ1) is 16.7. The van der Waals surface area contributed by atoms with E-state index in [2.05, 4.69) is 29.4 Å². The molecule has 1 aromatic heterocycles. The zero-order valence-corrected chi connectivity index (χ0v) is 13.8. The standard InChI is InChI=1S/C14H16FN3O2S2/c1-9(2)8-21-14-18-17-13(22-14)16-12(19)7-20-11-5-3-10(15)4-6-11/h3-6,9H,7-8H2,1-2H3,(H,16,17,19). The lowest BCUT2D eigenvalue weighted by molar-refractivity contribution is -0.118. The maximum Gasteiger partial charge on any atom is 0.264 e. The van der Waals surface area contributed by atoms with Crippen LogP contribution in [0.25, 0.3) is 0 Å². The van der Waals surface area contributed by atoms with Crippen LogP contribution in [0.4, 0.5) is 9.52 Å². The molecule has 1 N–H and O–H groups in total. The normalized spacial score (nSPS) is 10.7. The molecule has 5 nitrogen and oxygen atoms in total. The van der Waals surface area contributed by atoms with E-state index in [1.54, 1.807) is 11.8 Å². The molecule has 0 spiro atoms. The molecule has 1 amide bonds. The molecule has 0 saturated carbocycles. The van der Waals surface area contributed by atoms with Crippen LogP contribution in [0.3, 0.4) is 0 Å². The molecule has 0 aliphatic rings. The van der Waals surface area contributed by atoms with Crippen molar-refractivity contribution in [3.8, 4) is 5.75 Å². The summed E-state index contributed by atoms with van der Waals surface area (Å²) in [4.78, 5) is 11.7. The fraction of sp³-hybridized carbons (Fsp3) is 0.357. The number of nitrogens with zero attached hydrogens (tertiary/aromatic N) is 2. The van der Waals surface area contributed by atoms with Crippen molar-refractivity contribution >= 4 is 34.1 Å². The van der Waals surface area contributed by atoms with Gasteiger partial charge in [-0.2, -0.15) is 0 Å². The van der Waals surface area contributed by atoms with Gasteiger partial charge in [0.1, 0.15) is 11.6 Å². The minimum Gasteiger partial charge on any atom is -0.484 e. The van der Waals surface area contributed by atoms with Crippen LogP contribution in [0.5, 0.6) is 5.75 Å². The third kappa shape index (κ3) is 5.61. The van der Waals surface area contributed by atoms with Crippen molar-refractivity contribution in [3.05, 3.63) is 30.1 Å². The van der Waals surface area contributed by atoms with Gasteiger partial charge in [-0.25, -0.2) is 4.39 Å². The fourth-order valence-electron chi connectivity index (χ4n) is 1.39. The molecule has 2 rings (SSSR count). The van der Waals surface area contributed by atoms with Gasteiger partial charge >= 0.3 is 0 Å². The van der Waals surface area contributed by atoms with Crippen molar-refractivity contribution in [1.29, 1.82) is 0 Å². The molecule has 0 radical (unpaired) electrons. The van der Waals surface area contributed by atoms with Crippen molar-refractivity contribution in [1.82, 2.24) is 10.2 Å². The maximum absolute atomic E-state index is 12.7. The molecular formula is C14H16FN3O2S2. The number of hydrogen-bond donors (Lipinski definition) is 1. The lowest BCUT2D eigenvalue weighted by Crippen LogP contribution is -2.20. The second kappa shape index (κ2) is 8.09. The average molecular weight is 341 g/mol. The van der Waals surface area contributed by atoms with E-state index in [9.17, 15) is 9.18 Å². The lowest BCUT2D eigenvalue weighted by Gasteiger charge is -2.05. The highest BCUT2D eigenvalue weighted by Gasteiger charge is 2.10. The van der Waals surface area contributed by atoms with E-state index >= 15 is 0 Å². The first-order valence-electron chi connectivity index (χ1n) is 6.67. The number of ether oxygens (including phenoxy) is 1. The molecule has 118 valence electrons. The number of aromatic nitrogens is 2. The second-order valence-corrected chi connectivity index (χ2v) is 7.11. The van der Waals surface area contributed by atoms with Crippen LogP contribution in [0, 0.1) is 11.7 Å². The Balaban J connectivity index is 1.78. The first-order valence-corrected chi connectivity index (χ1v) is 8.47. The number of carbonyl (C=O) groups excluding carboxylic acids is 1. The van der Waals surface area contributed by atoms with Gasteiger partial charge in [0.25, 0.3) is 5.91 Å². The van der Waals surface area contributed by atoms with Gasteiger partial charge in [-0.3, -0.25) is 10.1 Å². The summed E-state index contributed by atoms with van der Waals surface area (Å²) in [5.41, 5.74) is 0. The smallest absolute Gasteiger partial charge is 0.264 e. The van der Waals surface area contributed by atoms with E-state index in [0.717, 1.165) is 10.1 Å². The Labute approximate surface area is 136 Å². The van der Waals surface area contributed by atoms with Gasteiger partial charge in [0.05, 0.1) is 0 Å². The molecule has 0 bridgehead atoms. The molecule has 1 heterocycles. The molecule has 22 heavy (non-hydrogen) atoms. The van der Waals surface area contributed by atoms with E-state index < -0.39 is 0 Å². The van der Waals surface area contributed by atoms with Gasteiger partial charge in [0.15, 0.2) is 10.9 Å². The molecule has 0 aliphatic carbocycles. The summed E-state index contributed by atoms with van der Waals surface area (Å²) >= 11 is 2.95. The second-order valence-electron chi connectivity index (χ2n) is 4.87. The Bertz CT molecular complexity index is 617. The minimum absolute atomic E-state index is 0.167. The quantitative estimate of drug-likeness (QED) is 0.617. The molecule has 0 aliphatic heterocycles. The summed E-state index contributed by atoms with van der Waals surface area (Å²) in [6.45, 7) is 4.09. The topological polar surface area (TPSA) is 64.1 Å². The van der Waals surface area contributed by atoms with Crippen molar-refractivity contribution in [2.24, 2.45) is 5.92 Å². The SMILES string of the molecule is CC(C)CSc1nnc(NC(=O)COc2ccc(F)cc2)s1. The number of amides is 1. The summed E-state index contributed by atoms with van der Waals surface area (Å²) < 4.78 is 18.8. The van der Waals surface area contributed by atoms with Crippen LogP contribution in [-0.2, 0) is 4.79 Å². The Morgan fingerprint density at radius 3 is 2.77 bits per heavy atom. The molecule has 2 aromatic rings. The molecule has 0 atom stereocenters. The van der Waals surface area contributed by atoms with Crippen LogP contribution in [-0.4, -0.2) is 28.5 Å². The number of anilines is 1. The Morgan fingerprint density at radius 1 is 1.36 bits per heavy atom. The highest BCUT2D eigenvalue weighted by atomic mass is 32.2. The number of nitrogens with one attached hydrogen (secondary N) is 1. The summed E-state index contributed by atoms with van der Waals surface area (Å²) in [7, 11) is 0. The Morgan fingerprint density at radius 2 is 2.09 bits per heavy atom. The van der Waals surface area contributed by atoms with Crippen molar-refractivity contribution in [3.63, 3.8) is 0 Å². The molecule has 0 unspecified atom stereocenters. The average Bonchev–Trinajstić information content (AvgIpc) is 2.92. The highest BCUT2D eigenvalue weighted by Crippen LogP contribution is 2.26. The number of hydrogen-bond acceptors (Lipinski definition) is 6. The summed E-state index contributed by atoms with van der Waals surface area (Å²) in [6.07, 6.45) is 0. The van der Waals surface area contributed by atoms with Crippen molar-refractivity contribution < 1.29 is 13.9 Å². The van der Waals surface area contributed by atoms with Gasteiger partial charge in [-0.1, -0.05) is 36.9 Å². The summed E-state index contributed by atoms with van der Waals surface area (Å²) in [6, 6.07) is 5.48. The monoisotopic (exact) mass is 341 g/mol. The fourth-order valence-corrected chi connectivity index (χ4v) is 3.14. The van der Waals surface area contributed by atoms with E-state index in [4.69, 9.17) is 4.74 Å². The number of rotatable bonds is 7. The van der Waals surface area contributed by atoms with Gasteiger partial charge in [-0.15, -0.1) is 10.2 Å². The molecule has 1 aromatic carbocycles. The minimum atomic E-state index is -0.350. The third-order valence-electron chi connectivity index (χ3n) is 2.38. The van der Waals surface area contributed by atoms with E-state index in [1.165, 1.54) is 35.6 Å². The van der Waals surface area contributed by atoms with Gasteiger partial charge < -0.3 is 4.74 Å². The molecule has 8 heteroatoms. The number of halogens is 1. The van der Waals surface area contributed by atoms with Gasteiger partial charge in [0, 0.05) is 5.75 Å². The van der Waals surface area contributed by atoms with Gasteiger partial charge in [0.2, 0.25) is 5.13 Å². The largest absolute Gasteiger partial charge is 0.484 e. The van der Waals surface area contributed by atoms with E-state index in [-0.39, 0.29) is 18.3 Å². The van der Waals surface area contributed by atoms with Crippen LogP contribution in [0.2, 0.25) is 0 Å². The summed E-state index contributed by atoms with van der Waals surface area (Å²) in [5, 5.41) is 11.0. The zero-order valence-electron chi connectivity index (χ0n) is 12.2. The van der Waals surface area contributed by atoms with Crippen molar-refractivity contribution in [2.75, 3.05) is 17.7 Å². The highest BCUT2D eigenvalue weighted by molar-refractivity contribution is 8.01. The summed E-state index contributed by atoms with van der Waals surface area (Å²) in [5.74, 6) is 1.27. The van der Waals surface area contributed by atoms with E-state index in [0.29, 0.717) is 16.8 Å². The zero-order chi connectivity index (χ0) is 15.9. The number of carbonyl (C=O) groups is 1. The first-order chi connectivity index (χ1) is 10.5. The predicted molar refractivity (Wildman–Crippen MR) is 86.0 cm³/mol. The van der Waals surface area contributed by atoms with Crippen LogP contribution in [0.15, 0.2) is 28.6 Å². The lowest BCUT2D eigenvalue weighted by atomic mass is 10.3. The van der Waals surface area contributed by atoms with Crippen LogP contribution >= 0.6 is 23.1 Å². The third-order valence-corrected chi connectivity index (χ3v) is 4.78. The Kier molecular flexibility index (Phi) is 6.14. The molecule has 0 fully saturated rings. The van der Waals surface area contributed by atoms with Crippen LogP contribution in [0.1, 0.15) is 13.8 Å². The van der Waals surface area contributed by atoms with Crippen molar-refractivity contribution in [2.45, 2.75) is 18.2 Å². The van der Waals surface area contributed by atoms with Gasteiger partial charge in [-0.05, 0) is 30.2 Å². The van der Waals surface area contributed by atoms with Crippen LogP contribution < -0.4 is 10.1 Å².